The number of hydrogen-bond donors (Lipinski definition) is 1. The quantitative estimate of drug-likeness (QED) is 0.630. The van der Waals surface area contributed by atoms with Crippen LogP contribution in [0.3, 0.4) is 0 Å². The average molecular weight is 240 g/mol. The molecule has 0 saturated carbocycles. The lowest BCUT2D eigenvalue weighted by atomic mass is 9.99. The molecule has 0 aliphatic heterocycles. The first-order chi connectivity index (χ1) is 7.97. The lowest BCUT2D eigenvalue weighted by molar-refractivity contribution is 0.0839. The van der Waals surface area contributed by atoms with Crippen LogP contribution in [0.25, 0.3) is 0 Å². The molecule has 0 spiro atoms. The van der Waals surface area contributed by atoms with E-state index < -0.39 is 5.54 Å². The fourth-order valence-electron chi connectivity index (χ4n) is 1.85. The summed E-state index contributed by atoms with van der Waals surface area (Å²) in [4.78, 5) is 0. The molecule has 1 atom stereocenters. The molecule has 0 radical (unpaired) electrons. The molecular weight excluding hydrogens is 212 g/mol. The number of hydrogen-bond acceptors (Lipinski definition) is 3. The number of nitrogens with one attached hydrogen (secondary N) is 1. The van der Waals surface area contributed by atoms with Crippen molar-refractivity contribution in [2.75, 3.05) is 13.2 Å². The molecule has 0 aliphatic rings. The molecule has 0 aromatic heterocycles. The zero-order valence-electron chi connectivity index (χ0n) is 12.0. The minimum absolute atomic E-state index is 0.318. The average Bonchev–Trinajstić information content (AvgIpc) is 2.28. The monoisotopic (exact) mass is 240 g/mol. The third-order valence-electron chi connectivity index (χ3n) is 3.11. The van der Waals surface area contributed by atoms with Crippen LogP contribution in [0.4, 0.5) is 0 Å². The van der Waals surface area contributed by atoms with Crippen LogP contribution >= 0.6 is 0 Å². The molecule has 0 bridgehead atoms. The van der Waals surface area contributed by atoms with E-state index in [1.54, 1.807) is 0 Å². The molecule has 100 valence electrons. The largest absolute Gasteiger partial charge is 0.381 e. The van der Waals surface area contributed by atoms with E-state index in [0.717, 1.165) is 25.9 Å². The van der Waals surface area contributed by atoms with Gasteiger partial charge < -0.3 is 4.74 Å². The van der Waals surface area contributed by atoms with Gasteiger partial charge in [-0.2, -0.15) is 5.26 Å². The van der Waals surface area contributed by atoms with E-state index in [0.29, 0.717) is 18.6 Å². The van der Waals surface area contributed by atoms with Gasteiger partial charge in [0.25, 0.3) is 0 Å². The van der Waals surface area contributed by atoms with Crippen LogP contribution in [0.15, 0.2) is 0 Å². The van der Waals surface area contributed by atoms with Crippen molar-refractivity contribution in [2.24, 2.45) is 5.92 Å². The Hall–Kier alpha value is -0.590. The lowest BCUT2D eigenvalue weighted by Gasteiger charge is -2.26. The second-order valence-corrected chi connectivity index (χ2v) is 5.25. The second kappa shape index (κ2) is 8.49. The molecule has 0 amide bonds. The van der Waals surface area contributed by atoms with E-state index in [2.05, 4.69) is 39.1 Å². The van der Waals surface area contributed by atoms with Crippen molar-refractivity contribution in [2.45, 2.75) is 65.5 Å². The van der Waals surface area contributed by atoms with Crippen molar-refractivity contribution in [3.63, 3.8) is 0 Å². The minimum atomic E-state index is -0.470. The van der Waals surface area contributed by atoms with Gasteiger partial charge in [-0.25, -0.2) is 0 Å². The summed E-state index contributed by atoms with van der Waals surface area (Å²) >= 11 is 0. The minimum Gasteiger partial charge on any atom is -0.381 e. The Balaban J connectivity index is 3.89. The molecule has 0 aliphatic carbocycles. The maximum absolute atomic E-state index is 9.17. The van der Waals surface area contributed by atoms with E-state index in [1.807, 2.05) is 6.92 Å². The van der Waals surface area contributed by atoms with Crippen LogP contribution in [0, 0.1) is 17.2 Å². The summed E-state index contributed by atoms with van der Waals surface area (Å²) in [5.74, 6) is 0.654. The smallest absolute Gasteiger partial charge is 0.106 e. The molecule has 3 nitrogen and oxygen atoms in total. The number of nitrogens with zero attached hydrogens (tertiary/aromatic N) is 1. The van der Waals surface area contributed by atoms with Crippen LogP contribution in [0.1, 0.15) is 53.9 Å². The van der Waals surface area contributed by atoms with Gasteiger partial charge in [-0.05, 0) is 26.7 Å². The van der Waals surface area contributed by atoms with E-state index in [-0.39, 0.29) is 0 Å². The Morgan fingerprint density at radius 3 is 2.29 bits per heavy atom. The summed E-state index contributed by atoms with van der Waals surface area (Å²) in [6, 6.07) is 2.65. The Labute approximate surface area is 107 Å². The fourth-order valence-corrected chi connectivity index (χ4v) is 1.85. The number of ether oxygens (including phenoxy) is 1. The van der Waals surface area contributed by atoms with Gasteiger partial charge in [-0.15, -0.1) is 0 Å². The van der Waals surface area contributed by atoms with Gasteiger partial charge in [0.15, 0.2) is 0 Å². The standard InChI is InChI=1S/C14H28N2O/c1-6-13(7-2)10-17-9-8-14(5,11-15)16-12(3)4/h12-13,16H,6-10H2,1-5H3. The molecule has 0 fully saturated rings. The zero-order valence-corrected chi connectivity index (χ0v) is 12.0. The van der Waals surface area contributed by atoms with Crippen LogP contribution in [0.5, 0.6) is 0 Å². The SMILES string of the molecule is CCC(CC)COCCC(C)(C#N)NC(C)C. The van der Waals surface area contributed by atoms with Crippen LogP contribution in [0.2, 0.25) is 0 Å². The van der Waals surface area contributed by atoms with Crippen molar-refractivity contribution >= 4 is 0 Å². The van der Waals surface area contributed by atoms with E-state index in [4.69, 9.17) is 10.00 Å². The molecule has 3 heteroatoms. The molecule has 1 unspecified atom stereocenters. The summed E-state index contributed by atoms with van der Waals surface area (Å²) in [5, 5.41) is 12.4. The van der Waals surface area contributed by atoms with E-state index in [9.17, 15) is 0 Å². The van der Waals surface area contributed by atoms with Crippen molar-refractivity contribution in [1.82, 2.24) is 5.32 Å². The van der Waals surface area contributed by atoms with E-state index in [1.165, 1.54) is 0 Å². The maximum atomic E-state index is 9.17. The van der Waals surface area contributed by atoms with Gasteiger partial charge in [0.05, 0.1) is 6.07 Å². The summed E-state index contributed by atoms with van der Waals surface area (Å²) in [6.07, 6.45) is 3.06. The first-order valence-electron chi connectivity index (χ1n) is 6.74. The summed E-state index contributed by atoms with van der Waals surface area (Å²) in [6.45, 7) is 11.9. The lowest BCUT2D eigenvalue weighted by Crippen LogP contribution is -2.45. The molecule has 1 N–H and O–H groups in total. The normalized spacial score (nSPS) is 14.9. The molecule has 0 saturated heterocycles. The first-order valence-corrected chi connectivity index (χ1v) is 6.74. The predicted octanol–water partition coefficient (Wildman–Crippen LogP) is 3.11. The van der Waals surface area contributed by atoms with Gasteiger partial charge >= 0.3 is 0 Å². The maximum Gasteiger partial charge on any atom is 0.106 e. The Morgan fingerprint density at radius 2 is 1.88 bits per heavy atom. The Bertz CT molecular complexity index is 231. The molecular formula is C14H28N2O. The Morgan fingerprint density at radius 1 is 1.29 bits per heavy atom. The highest BCUT2D eigenvalue weighted by molar-refractivity contribution is 5.04. The summed E-state index contributed by atoms with van der Waals surface area (Å²) in [5.41, 5.74) is -0.470. The predicted molar refractivity (Wildman–Crippen MR) is 71.8 cm³/mol. The summed E-state index contributed by atoms with van der Waals surface area (Å²) < 4.78 is 5.67. The summed E-state index contributed by atoms with van der Waals surface area (Å²) in [7, 11) is 0. The van der Waals surface area contributed by atoms with Crippen molar-refractivity contribution in [1.29, 1.82) is 5.26 Å². The highest BCUT2D eigenvalue weighted by atomic mass is 16.5. The number of nitriles is 1. The van der Waals surface area contributed by atoms with Crippen LogP contribution < -0.4 is 5.32 Å². The topological polar surface area (TPSA) is 45.0 Å². The number of rotatable bonds is 9. The van der Waals surface area contributed by atoms with Gasteiger partial charge in [-0.3, -0.25) is 5.32 Å². The van der Waals surface area contributed by atoms with Crippen molar-refractivity contribution in [3.8, 4) is 6.07 Å². The molecule has 17 heavy (non-hydrogen) atoms. The van der Waals surface area contributed by atoms with Crippen LogP contribution in [-0.4, -0.2) is 24.8 Å². The molecule has 0 heterocycles. The zero-order chi connectivity index (χ0) is 13.3. The van der Waals surface area contributed by atoms with Crippen LogP contribution in [-0.2, 0) is 4.74 Å². The molecule has 0 aromatic carbocycles. The second-order valence-electron chi connectivity index (χ2n) is 5.25. The van der Waals surface area contributed by atoms with Crippen molar-refractivity contribution in [3.05, 3.63) is 0 Å². The highest BCUT2D eigenvalue weighted by Gasteiger charge is 2.23. The van der Waals surface area contributed by atoms with Gasteiger partial charge in [0, 0.05) is 25.7 Å². The third-order valence-corrected chi connectivity index (χ3v) is 3.11. The Kier molecular flexibility index (Phi) is 8.20. The first kappa shape index (κ1) is 16.4. The molecule has 0 rings (SSSR count). The highest BCUT2D eigenvalue weighted by Crippen LogP contribution is 2.12. The molecule has 0 aromatic rings. The van der Waals surface area contributed by atoms with Gasteiger partial charge in [0.1, 0.15) is 5.54 Å². The van der Waals surface area contributed by atoms with E-state index >= 15 is 0 Å². The van der Waals surface area contributed by atoms with Gasteiger partial charge in [-0.1, -0.05) is 26.7 Å². The third kappa shape index (κ3) is 7.36. The fraction of sp³-hybridized carbons (Fsp3) is 0.929. The van der Waals surface area contributed by atoms with Crippen molar-refractivity contribution < 1.29 is 4.74 Å². The van der Waals surface area contributed by atoms with Gasteiger partial charge in [0.2, 0.25) is 0 Å².